The summed E-state index contributed by atoms with van der Waals surface area (Å²) in [6, 6.07) is 1.94. The predicted octanol–water partition coefficient (Wildman–Crippen LogP) is 1.00. The number of nitrogens with two attached hydrogens (primary N) is 1. The SMILES string of the molecule is CC(C)(C#N)/N=N/C(C)(C)C(N)=O. The first-order valence-corrected chi connectivity index (χ1v) is 3.86. The Morgan fingerprint density at radius 2 is 1.77 bits per heavy atom. The lowest BCUT2D eigenvalue weighted by Crippen LogP contribution is -2.36. The summed E-state index contributed by atoms with van der Waals surface area (Å²) in [6.45, 7) is 6.31. The van der Waals surface area contributed by atoms with Crippen LogP contribution >= 0.6 is 0 Å². The van der Waals surface area contributed by atoms with Crippen LogP contribution in [0.3, 0.4) is 0 Å². The summed E-state index contributed by atoms with van der Waals surface area (Å²) in [5.74, 6) is -0.565. The number of nitriles is 1. The van der Waals surface area contributed by atoms with Crippen LogP contribution in [0.25, 0.3) is 0 Å². The number of primary amides is 1. The molecule has 0 radical (unpaired) electrons. The van der Waals surface area contributed by atoms with Crippen LogP contribution < -0.4 is 5.73 Å². The van der Waals surface area contributed by atoms with Crippen molar-refractivity contribution >= 4 is 5.91 Å². The third-order valence-corrected chi connectivity index (χ3v) is 1.43. The van der Waals surface area contributed by atoms with Crippen LogP contribution in [0.5, 0.6) is 0 Å². The molecule has 0 aromatic rings. The smallest absolute Gasteiger partial charge is 0.246 e. The van der Waals surface area contributed by atoms with Gasteiger partial charge in [0.15, 0.2) is 11.1 Å². The molecule has 13 heavy (non-hydrogen) atoms. The molecule has 0 aliphatic rings. The quantitative estimate of drug-likeness (QED) is 0.659. The Labute approximate surface area is 77.6 Å². The lowest BCUT2D eigenvalue weighted by Gasteiger charge is -2.15. The van der Waals surface area contributed by atoms with Gasteiger partial charge in [0.1, 0.15) is 0 Å². The van der Waals surface area contributed by atoms with Crippen molar-refractivity contribution in [2.45, 2.75) is 38.8 Å². The summed E-state index contributed by atoms with van der Waals surface area (Å²) in [5, 5.41) is 16.1. The minimum Gasteiger partial charge on any atom is -0.368 e. The van der Waals surface area contributed by atoms with Crippen molar-refractivity contribution in [2.75, 3.05) is 0 Å². The van der Waals surface area contributed by atoms with E-state index in [1.165, 1.54) is 0 Å². The summed E-state index contributed by atoms with van der Waals surface area (Å²) in [7, 11) is 0. The Morgan fingerprint density at radius 3 is 2.08 bits per heavy atom. The van der Waals surface area contributed by atoms with Gasteiger partial charge in [-0.25, -0.2) is 0 Å². The van der Waals surface area contributed by atoms with E-state index < -0.39 is 17.0 Å². The van der Waals surface area contributed by atoms with E-state index in [2.05, 4.69) is 10.2 Å². The molecule has 0 rings (SSSR count). The van der Waals surface area contributed by atoms with Crippen LogP contribution in [-0.4, -0.2) is 17.0 Å². The van der Waals surface area contributed by atoms with Crippen molar-refractivity contribution in [3.05, 3.63) is 0 Å². The van der Waals surface area contributed by atoms with Crippen molar-refractivity contribution in [1.82, 2.24) is 0 Å². The van der Waals surface area contributed by atoms with Gasteiger partial charge < -0.3 is 5.73 Å². The first-order valence-electron chi connectivity index (χ1n) is 3.86. The summed E-state index contributed by atoms with van der Waals surface area (Å²) in [6.07, 6.45) is 0. The number of amides is 1. The maximum atomic E-state index is 10.8. The number of azo groups is 1. The third-order valence-electron chi connectivity index (χ3n) is 1.43. The van der Waals surface area contributed by atoms with Crippen LogP contribution in [-0.2, 0) is 4.79 Å². The average Bonchev–Trinajstić information content (AvgIpc) is 2.01. The van der Waals surface area contributed by atoms with E-state index in [4.69, 9.17) is 11.0 Å². The molecular weight excluding hydrogens is 168 g/mol. The molecule has 0 aliphatic heterocycles. The molecular formula is C8H14N4O. The number of carbonyl (C=O) groups is 1. The van der Waals surface area contributed by atoms with Crippen LogP contribution in [0.1, 0.15) is 27.7 Å². The fourth-order valence-electron chi connectivity index (χ4n) is 0.322. The van der Waals surface area contributed by atoms with Gasteiger partial charge in [-0.3, -0.25) is 4.79 Å². The second kappa shape index (κ2) is 3.52. The molecule has 0 bridgehead atoms. The van der Waals surface area contributed by atoms with Crippen molar-refractivity contribution in [1.29, 1.82) is 5.26 Å². The number of rotatable bonds is 3. The van der Waals surface area contributed by atoms with Crippen LogP contribution in [0.2, 0.25) is 0 Å². The van der Waals surface area contributed by atoms with Gasteiger partial charge in [0.25, 0.3) is 0 Å². The summed E-state index contributed by atoms with van der Waals surface area (Å²) in [5.41, 5.74) is 3.11. The van der Waals surface area contributed by atoms with E-state index in [-0.39, 0.29) is 0 Å². The molecule has 0 unspecified atom stereocenters. The Balaban J connectivity index is 4.64. The predicted molar refractivity (Wildman–Crippen MR) is 47.8 cm³/mol. The maximum Gasteiger partial charge on any atom is 0.246 e. The van der Waals surface area contributed by atoms with Gasteiger partial charge in [0.2, 0.25) is 5.91 Å². The number of hydrogen-bond acceptors (Lipinski definition) is 4. The van der Waals surface area contributed by atoms with E-state index in [0.717, 1.165) is 0 Å². The van der Waals surface area contributed by atoms with E-state index in [9.17, 15) is 4.79 Å². The molecule has 0 heterocycles. The highest BCUT2D eigenvalue weighted by Crippen LogP contribution is 2.14. The monoisotopic (exact) mass is 182 g/mol. The lowest BCUT2D eigenvalue weighted by molar-refractivity contribution is -0.122. The Kier molecular flexibility index (Phi) is 3.13. The zero-order chi connectivity index (χ0) is 10.7. The van der Waals surface area contributed by atoms with Gasteiger partial charge in [0, 0.05) is 0 Å². The summed E-state index contributed by atoms with van der Waals surface area (Å²) >= 11 is 0. The molecule has 1 amide bonds. The van der Waals surface area contributed by atoms with Crippen molar-refractivity contribution in [3.8, 4) is 6.07 Å². The molecule has 0 saturated carbocycles. The molecule has 0 atom stereocenters. The van der Waals surface area contributed by atoms with E-state index in [1.54, 1.807) is 27.7 Å². The largest absolute Gasteiger partial charge is 0.368 e. The molecule has 2 N–H and O–H groups in total. The highest BCUT2D eigenvalue weighted by Gasteiger charge is 2.26. The molecule has 0 saturated heterocycles. The topological polar surface area (TPSA) is 91.6 Å². The fraction of sp³-hybridized carbons (Fsp3) is 0.750. The Morgan fingerprint density at radius 1 is 1.31 bits per heavy atom. The zero-order valence-electron chi connectivity index (χ0n) is 8.33. The van der Waals surface area contributed by atoms with Crippen molar-refractivity contribution < 1.29 is 4.79 Å². The molecule has 0 spiro atoms. The maximum absolute atomic E-state index is 10.8. The molecule has 5 heteroatoms. The molecule has 5 nitrogen and oxygen atoms in total. The summed E-state index contributed by atoms with van der Waals surface area (Å²) in [4.78, 5) is 10.8. The van der Waals surface area contributed by atoms with Crippen LogP contribution in [0, 0.1) is 11.3 Å². The second-order valence-electron chi connectivity index (χ2n) is 3.79. The van der Waals surface area contributed by atoms with Crippen molar-refractivity contribution in [3.63, 3.8) is 0 Å². The van der Waals surface area contributed by atoms with Crippen LogP contribution in [0.4, 0.5) is 0 Å². The first-order chi connectivity index (χ1) is 5.71. The summed E-state index contributed by atoms with van der Waals surface area (Å²) < 4.78 is 0. The Hall–Kier alpha value is -1.44. The van der Waals surface area contributed by atoms with Crippen LogP contribution in [0.15, 0.2) is 10.2 Å². The molecule has 0 fully saturated rings. The van der Waals surface area contributed by atoms with E-state index in [1.807, 2.05) is 6.07 Å². The minimum absolute atomic E-state index is 0.565. The molecule has 0 aromatic carbocycles. The van der Waals surface area contributed by atoms with Gasteiger partial charge in [-0.2, -0.15) is 15.5 Å². The highest BCUT2D eigenvalue weighted by atomic mass is 16.1. The number of carbonyl (C=O) groups excluding carboxylic acids is 1. The Bertz CT molecular complexity index is 272. The van der Waals surface area contributed by atoms with E-state index in [0.29, 0.717) is 0 Å². The molecule has 72 valence electrons. The second-order valence-corrected chi connectivity index (χ2v) is 3.79. The normalized spacial score (nSPS) is 12.8. The molecule has 0 aromatic heterocycles. The van der Waals surface area contributed by atoms with Gasteiger partial charge in [0.05, 0.1) is 6.07 Å². The lowest BCUT2D eigenvalue weighted by atomic mass is 10.1. The van der Waals surface area contributed by atoms with Gasteiger partial charge in [-0.05, 0) is 27.7 Å². The fourth-order valence-corrected chi connectivity index (χ4v) is 0.322. The number of hydrogen-bond donors (Lipinski definition) is 1. The minimum atomic E-state index is -1.05. The average molecular weight is 182 g/mol. The third kappa shape index (κ3) is 3.65. The number of nitrogens with zero attached hydrogens (tertiary/aromatic N) is 3. The highest BCUT2D eigenvalue weighted by molar-refractivity contribution is 5.83. The van der Waals surface area contributed by atoms with Gasteiger partial charge in [-0.15, -0.1) is 0 Å². The van der Waals surface area contributed by atoms with Crippen molar-refractivity contribution in [2.24, 2.45) is 16.0 Å². The van der Waals surface area contributed by atoms with Gasteiger partial charge in [-0.1, -0.05) is 0 Å². The van der Waals surface area contributed by atoms with E-state index >= 15 is 0 Å². The van der Waals surface area contributed by atoms with Gasteiger partial charge >= 0.3 is 0 Å². The zero-order valence-corrected chi connectivity index (χ0v) is 8.33. The molecule has 0 aliphatic carbocycles. The first kappa shape index (κ1) is 11.6. The standard InChI is InChI=1S/C8H14N4O/c1-7(2,5-9)11-12-8(3,4)6(10)13/h1-4H3,(H2,10,13)/b12-11+.